The Labute approximate surface area is 128 Å². The molecule has 0 aromatic heterocycles. The average molecular weight is 310 g/mol. The fourth-order valence-electron chi connectivity index (χ4n) is 3.43. The number of benzene rings is 1. The maximum Gasteiger partial charge on any atom is 0.178 e. The lowest BCUT2D eigenvalue weighted by Gasteiger charge is -2.47. The van der Waals surface area contributed by atoms with Gasteiger partial charge in [-0.15, -0.1) is 0 Å². The summed E-state index contributed by atoms with van der Waals surface area (Å²) in [6, 6.07) is 7.70. The van der Waals surface area contributed by atoms with Gasteiger partial charge in [0, 0.05) is 12.6 Å². The van der Waals surface area contributed by atoms with Crippen LogP contribution in [0.2, 0.25) is 0 Å². The fourth-order valence-corrected chi connectivity index (χ4v) is 5.13. The van der Waals surface area contributed by atoms with Crippen molar-refractivity contribution in [2.45, 2.75) is 49.6 Å². The molecule has 1 aliphatic rings. The Bertz CT molecular complexity index is 600. The van der Waals surface area contributed by atoms with Crippen molar-refractivity contribution in [1.82, 2.24) is 4.90 Å². The Kier molecular flexibility index (Phi) is 4.76. The monoisotopic (exact) mass is 310 g/mol. The Morgan fingerprint density at radius 2 is 2.05 bits per heavy atom. The molecule has 0 bridgehead atoms. The molecule has 5 heteroatoms. The zero-order chi connectivity index (χ0) is 15.7. The summed E-state index contributed by atoms with van der Waals surface area (Å²) < 4.78 is 24.7. The summed E-state index contributed by atoms with van der Waals surface area (Å²) in [7, 11) is -1.11. The molecule has 21 heavy (non-hydrogen) atoms. The highest BCUT2D eigenvalue weighted by molar-refractivity contribution is 7.91. The first-order valence-corrected chi connectivity index (χ1v) is 9.29. The lowest BCUT2D eigenvalue weighted by atomic mass is 9.83. The van der Waals surface area contributed by atoms with Crippen LogP contribution >= 0.6 is 0 Å². The molecule has 4 nitrogen and oxygen atoms in total. The van der Waals surface area contributed by atoms with Crippen LogP contribution in [0.1, 0.15) is 38.7 Å². The van der Waals surface area contributed by atoms with Crippen molar-refractivity contribution >= 4 is 9.84 Å². The smallest absolute Gasteiger partial charge is 0.178 e. The molecular formula is C16H26N2O2S. The first kappa shape index (κ1) is 16.5. The van der Waals surface area contributed by atoms with Gasteiger partial charge in [-0.1, -0.05) is 31.5 Å². The number of hydrogen-bond acceptors (Lipinski definition) is 4. The van der Waals surface area contributed by atoms with Crippen LogP contribution in [0.15, 0.2) is 29.2 Å². The summed E-state index contributed by atoms with van der Waals surface area (Å²) in [5.74, 6) is 0.171. The molecule has 1 aliphatic heterocycles. The van der Waals surface area contributed by atoms with Gasteiger partial charge in [0.05, 0.1) is 16.2 Å². The SMILES string of the molecule is CCCC(C)N(C)C1(CN)CCS(=O)(=O)c2ccccc21. The third-order valence-electron chi connectivity index (χ3n) is 4.89. The molecule has 2 rings (SSSR count). The maximum atomic E-state index is 12.3. The molecule has 0 spiro atoms. The van der Waals surface area contributed by atoms with E-state index in [2.05, 4.69) is 25.8 Å². The van der Waals surface area contributed by atoms with Crippen molar-refractivity contribution in [3.05, 3.63) is 29.8 Å². The standard InChI is InChI=1S/C16H26N2O2S/c1-4-7-13(2)18(3)16(12-17)10-11-21(19,20)15-9-6-5-8-14(15)16/h5-6,8-9,13H,4,7,10-12,17H2,1-3H3. The van der Waals surface area contributed by atoms with Gasteiger partial charge in [0.2, 0.25) is 0 Å². The Hall–Kier alpha value is -0.910. The summed E-state index contributed by atoms with van der Waals surface area (Å²) in [5.41, 5.74) is 6.63. The minimum Gasteiger partial charge on any atom is -0.328 e. The normalized spacial score (nSPS) is 25.6. The Morgan fingerprint density at radius 3 is 2.67 bits per heavy atom. The van der Waals surface area contributed by atoms with Crippen LogP contribution in [0.25, 0.3) is 0 Å². The largest absolute Gasteiger partial charge is 0.328 e. The Balaban J connectivity index is 2.55. The predicted molar refractivity (Wildman–Crippen MR) is 86.0 cm³/mol. The number of fused-ring (bicyclic) bond motifs is 1. The average Bonchev–Trinajstić information content (AvgIpc) is 2.48. The molecule has 0 amide bonds. The third kappa shape index (κ3) is 2.74. The van der Waals surface area contributed by atoms with Crippen LogP contribution in [0.5, 0.6) is 0 Å². The van der Waals surface area contributed by atoms with Gasteiger partial charge in [-0.05, 0) is 38.4 Å². The number of likely N-dealkylation sites (N-methyl/N-ethyl adjacent to an activating group) is 1. The van der Waals surface area contributed by atoms with Gasteiger partial charge in [-0.3, -0.25) is 4.90 Å². The van der Waals surface area contributed by atoms with Crippen LogP contribution in [-0.4, -0.2) is 38.7 Å². The van der Waals surface area contributed by atoms with E-state index >= 15 is 0 Å². The zero-order valence-corrected chi connectivity index (χ0v) is 14.0. The van der Waals surface area contributed by atoms with Crippen molar-refractivity contribution in [3.8, 4) is 0 Å². The van der Waals surface area contributed by atoms with Crippen LogP contribution in [0, 0.1) is 0 Å². The van der Waals surface area contributed by atoms with Crippen molar-refractivity contribution in [2.24, 2.45) is 5.73 Å². The number of nitrogens with two attached hydrogens (primary N) is 1. The number of nitrogens with zero attached hydrogens (tertiary/aromatic N) is 1. The summed E-state index contributed by atoms with van der Waals surface area (Å²) in [4.78, 5) is 2.74. The molecule has 0 saturated carbocycles. The second-order valence-corrected chi connectivity index (χ2v) is 8.13. The van der Waals surface area contributed by atoms with Crippen molar-refractivity contribution in [2.75, 3.05) is 19.3 Å². The zero-order valence-electron chi connectivity index (χ0n) is 13.2. The van der Waals surface area contributed by atoms with Gasteiger partial charge in [-0.2, -0.15) is 0 Å². The number of hydrogen-bond donors (Lipinski definition) is 1. The van der Waals surface area contributed by atoms with Gasteiger partial charge < -0.3 is 5.73 Å². The predicted octanol–water partition coefficient (Wildman–Crippen LogP) is 2.14. The van der Waals surface area contributed by atoms with Crippen LogP contribution in [0.4, 0.5) is 0 Å². The van der Waals surface area contributed by atoms with Crippen molar-refractivity contribution in [3.63, 3.8) is 0 Å². The highest BCUT2D eigenvalue weighted by Crippen LogP contribution is 2.41. The second kappa shape index (κ2) is 6.07. The molecule has 2 N–H and O–H groups in total. The second-order valence-electron chi connectivity index (χ2n) is 6.05. The third-order valence-corrected chi connectivity index (χ3v) is 6.66. The highest BCUT2D eigenvalue weighted by atomic mass is 32.2. The summed E-state index contributed by atoms with van der Waals surface area (Å²) in [5, 5.41) is 0. The van der Waals surface area contributed by atoms with Crippen molar-refractivity contribution < 1.29 is 8.42 Å². The van der Waals surface area contributed by atoms with Gasteiger partial charge in [0.25, 0.3) is 0 Å². The molecule has 2 unspecified atom stereocenters. The summed E-state index contributed by atoms with van der Waals surface area (Å²) in [6.07, 6.45) is 2.74. The van der Waals surface area contributed by atoms with Gasteiger partial charge in [0.1, 0.15) is 0 Å². The minimum absolute atomic E-state index is 0.171. The van der Waals surface area contributed by atoms with Gasteiger partial charge >= 0.3 is 0 Å². The van der Waals surface area contributed by atoms with E-state index in [-0.39, 0.29) is 11.3 Å². The van der Waals surface area contributed by atoms with Crippen LogP contribution < -0.4 is 5.73 Å². The van der Waals surface area contributed by atoms with Crippen molar-refractivity contribution in [1.29, 1.82) is 0 Å². The molecule has 0 aliphatic carbocycles. The quantitative estimate of drug-likeness (QED) is 0.905. The lowest BCUT2D eigenvalue weighted by Crippen LogP contribution is -2.55. The molecule has 0 radical (unpaired) electrons. The van der Waals surface area contributed by atoms with E-state index in [4.69, 9.17) is 5.73 Å². The fraction of sp³-hybridized carbons (Fsp3) is 0.625. The molecule has 0 fully saturated rings. The molecule has 118 valence electrons. The highest BCUT2D eigenvalue weighted by Gasteiger charge is 2.44. The molecule has 2 atom stereocenters. The topological polar surface area (TPSA) is 63.4 Å². The van der Waals surface area contributed by atoms with E-state index < -0.39 is 9.84 Å². The molecular weight excluding hydrogens is 284 g/mol. The first-order chi connectivity index (χ1) is 9.89. The molecule has 0 saturated heterocycles. The van der Waals surface area contributed by atoms with E-state index in [0.29, 0.717) is 23.9 Å². The maximum absolute atomic E-state index is 12.3. The van der Waals surface area contributed by atoms with E-state index in [0.717, 1.165) is 18.4 Å². The molecule has 1 heterocycles. The van der Waals surface area contributed by atoms with E-state index in [1.165, 1.54) is 0 Å². The van der Waals surface area contributed by atoms with Gasteiger partial charge in [0.15, 0.2) is 9.84 Å². The molecule has 1 aromatic carbocycles. The first-order valence-electron chi connectivity index (χ1n) is 7.64. The van der Waals surface area contributed by atoms with E-state index in [1.807, 2.05) is 12.1 Å². The lowest BCUT2D eigenvalue weighted by molar-refractivity contribution is 0.0697. The number of rotatable bonds is 5. The summed E-state index contributed by atoms with van der Waals surface area (Å²) >= 11 is 0. The van der Waals surface area contributed by atoms with E-state index in [1.54, 1.807) is 12.1 Å². The van der Waals surface area contributed by atoms with Crippen LogP contribution in [-0.2, 0) is 15.4 Å². The number of sulfone groups is 1. The molecule has 1 aromatic rings. The van der Waals surface area contributed by atoms with Gasteiger partial charge in [-0.25, -0.2) is 8.42 Å². The Morgan fingerprint density at radius 1 is 1.38 bits per heavy atom. The minimum atomic E-state index is -3.18. The summed E-state index contributed by atoms with van der Waals surface area (Å²) in [6.45, 7) is 4.79. The van der Waals surface area contributed by atoms with E-state index in [9.17, 15) is 8.42 Å². The van der Waals surface area contributed by atoms with Crippen LogP contribution in [0.3, 0.4) is 0 Å².